The summed E-state index contributed by atoms with van der Waals surface area (Å²) in [5.74, 6) is 1.60. The van der Waals surface area contributed by atoms with Gasteiger partial charge in [0.15, 0.2) is 5.65 Å². The summed E-state index contributed by atoms with van der Waals surface area (Å²) in [5, 5.41) is 8.82. The Labute approximate surface area is 142 Å². The zero-order valence-electron chi connectivity index (χ0n) is 12.0. The largest absolute Gasteiger partial charge is 0.488 e. The molecule has 3 heterocycles. The molecule has 1 aromatic carbocycles. The van der Waals surface area contributed by atoms with Crippen molar-refractivity contribution in [3.63, 3.8) is 0 Å². The number of halogens is 2. The van der Waals surface area contributed by atoms with Gasteiger partial charge in [0.1, 0.15) is 24.0 Å². The second-order valence-electron chi connectivity index (χ2n) is 5.38. The zero-order chi connectivity index (χ0) is 15.8. The lowest BCUT2D eigenvalue weighted by atomic mass is 10.3. The molecule has 1 aliphatic rings. The minimum Gasteiger partial charge on any atom is -0.488 e. The molecule has 6 nitrogen and oxygen atoms in total. The maximum atomic E-state index is 6.03. The minimum atomic E-state index is 0.0733. The van der Waals surface area contributed by atoms with Gasteiger partial charge in [0.05, 0.1) is 28.2 Å². The van der Waals surface area contributed by atoms with E-state index in [1.807, 2.05) is 6.07 Å². The Hall–Kier alpha value is -2.05. The van der Waals surface area contributed by atoms with Crippen LogP contribution in [0.3, 0.4) is 0 Å². The number of hydrogen-bond acceptors (Lipinski definition) is 5. The molecule has 1 saturated heterocycles. The van der Waals surface area contributed by atoms with Gasteiger partial charge >= 0.3 is 0 Å². The fourth-order valence-corrected chi connectivity index (χ4v) is 3.05. The first kappa shape index (κ1) is 14.5. The lowest BCUT2D eigenvalue weighted by Gasteiger charge is -2.18. The first-order chi connectivity index (χ1) is 11.2. The molecule has 0 bridgehead atoms. The Morgan fingerprint density at radius 2 is 2.13 bits per heavy atom. The Morgan fingerprint density at radius 1 is 1.22 bits per heavy atom. The third-order valence-corrected chi connectivity index (χ3v) is 4.60. The number of nitrogens with one attached hydrogen (secondary N) is 1. The highest BCUT2D eigenvalue weighted by Gasteiger charge is 2.26. The van der Waals surface area contributed by atoms with Gasteiger partial charge in [-0.15, -0.1) is 0 Å². The maximum absolute atomic E-state index is 6.03. The molecule has 2 aromatic heterocycles. The van der Waals surface area contributed by atoms with E-state index in [9.17, 15) is 0 Å². The summed E-state index contributed by atoms with van der Waals surface area (Å²) < 4.78 is 6.00. The van der Waals surface area contributed by atoms with Gasteiger partial charge in [0.25, 0.3) is 0 Å². The van der Waals surface area contributed by atoms with Crippen LogP contribution in [0.1, 0.15) is 6.42 Å². The van der Waals surface area contributed by atoms with Crippen LogP contribution in [0.5, 0.6) is 5.75 Å². The highest BCUT2D eigenvalue weighted by Crippen LogP contribution is 2.29. The fraction of sp³-hybridized carbons (Fsp3) is 0.267. The molecule has 1 unspecified atom stereocenters. The van der Waals surface area contributed by atoms with Crippen molar-refractivity contribution in [2.75, 3.05) is 18.0 Å². The second-order valence-corrected chi connectivity index (χ2v) is 6.19. The second kappa shape index (κ2) is 5.86. The molecule has 118 valence electrons. The lowest BCUT2D eigenvalue weighted by Crippen LogP contribution is -2.25. The molecule has 0 saturated carbocycles. The quantitative estimate of drug-likeness (QED) is 0.785. The van der Waals surface area contributed by atoms with Crippen LogP contribution in [-0.4, -0.2) is 39.4 Å². The number of aromatic nitrogens is 4. The predicted octanol–water partition coefficient (Wildman–Crippen LogP) is 3.32. The number of rotatable bonds is 3. The van der Waals surface area contributed by atoms with Crippen molar-refractivity contribution in [3.05, 3.63) is 40.8 Å². The SMILES string of the molecule is Clc1ccc(OC2CCN(c3ncnc4[nH]ncc34)C2)cc1Cl. The van der Waals surface area contributed by atoms with Crippen LogP contribution in [0.15, 0.2) is 30.7 Å². The summed E-state index contributed by atoms with van der Waals surface area (Å²) in [6.07, 6.45) is 4.27. The lowest BCUT2D eigenvalue weighted by molar-refractivity contribution is 0.225. The summed E-state index contributed by atoms with van der Waals surface area (Å²) in [5.41, 5.74) is 0.740. The first-order valence-corrected chi connectivity index (χ1v) is 7.97. The van der Waals surface area contributed by atoms with Gasteiger partial charge in [0, 0.05) is 19.0 Å². The van der Waals surface area contributed by atoms with E-state index in [0.717, 1.165) is 42.1 Å². The van der Waals surface area contributed by atoms with Crippen molar-refractivity contribution >= 4 is 40.1 Å². The number of benzene rings is 1. The fourth-order valence-electron chi connectivity index (χ4n) is 2.76. The molecule has 23 heavy (non-hydrogen) atoms. The van der Waals surface area contributed by atoms with E-state index in [1.165, 1.54) is 0 Å². The molecule has 0 aliphatic carbocycles. The minimum absolute atomic E-state index is 0.0733. The highest BCUT2D eigenvalue weighted by molar-refractivity contribution is 6.42. The van der Waals surface area contributed by atoms with Crippen LogP contribution >= 0.6 is 23.2 Å². The number of H-pyrrole nitrogens is 1. The molecule has 4 rings (SSSR count). The van der Waals surface area contributed by atoms with Crippen LogP contribution in [0.4, 0.5) is 5.82 Å². The van der Waals surface area contributed by atoms with Gasteiger partial charge in [-0.3, -0.25) is 5.10 Å². The van der Waals surface area contributed by atoms with Gasteiger partial charge < -0.3 is 9.64 Å². The van der Waals surface area contributed by atoms with Crippen LogP contribution in [-0.2, 0) is 0 Å². The number of fused-ring (bicyclic) bond motifs is 1. The standard InChI is InChI=1S/C15H13Cl2N5O/c16-12-2-1-9(5-13(12)17)23-10-3-4-22(7-10)15-11-6-20-21-14(11)18-8-19-15/h1-2,5-6,8,10H,3-4,7H2,(H,18,19,20,21). The molecule has 0 amide bonds. The third-order valence-electron chi connectivity index (χ3n) is 3.87. The smallest absolute Gasteiger partial charge is 0.160 e. The molecule has 1 fully saturated rings. The average Bonchev–Trinajstić information content (AvgIpc) is 3.19. The van der Waals surface area contributed by atoms with E-state index in [4.69, 9.17) is 27.9 Å². The Bertz CT molecular complexity index is 853. The maximum Gasteiger partial charge on any atom is 0.160 e. The van der Waals surface area contributed by atoms with Crippen molar-refractivity contribution in [1.82, 2.24) is 20.2 Å². The number of aromatic amines is 1. The van der Waals surface area contributed by atoms with Crippen LogP contribution in [0, 0.1) is 0 Å². The van der Waals surface area contributed by atoms with Gasteiger partial charge in [-0.2, -0.15) is 5.10 Å². The van der Waals surface area contributed by atoms with Gasteiger partial charge in [-0.05, 0) is 12.1 Å². The van der Waals surface area contributed by atoms with Gasteiger partial charge in [0.2, 0.25) is 0 Å². The molecule has 0 spiro atoms. The molecular formula is C15H13Cl2N5O. The van der Waals surface area contributed by atoms with Gasteiger partial charge in [-0.1, -0.05) is 23.2 Å². The van der Waals surface area contributed by atoms with E-state index < -0.39 is 0 Å². The van der Waals surface area contributed by atoms with Crippen LogP contribution in [0.2, 0.25) is 10.0 Å². The molecule has 1 aliphatic heterocycles. The van der Waals surface area contributed by atoms with Crippen molar-refractivity contribution in [1.29, 1.82) is 0 Å². The monoisotopic (exact) mass is 349 g/mol. The molecular weight excluding hydrogens is 337 g/mol. The molecule has 8 heteroatoms. The number of anilines is 1. The van der Waals surface area contributed by atoms with E-state index in [0.29, 0.717) is 10.0 Å². The first-order valence-electron chi connectivity index (χ1n) is 7.21. The van der Waals surface area contributed by atoms with Crippen molar-refractivity contribution in [2.45, 2.75) is 12.5 Å². The van der Waals surface area contributed by atoms with E-state index in [-0.39, 0.29) is 6.10 Å². The van der Waals surface area contributed by atoms with Crippen molar-refractivity contribution < 1.29 is 4.74 Å². The molecule has 1 atom stereocenters. The van der Waals surface area contributed by atoms with Crippen LogP contribution in [0.25, 0.3) is 11.0 Å². The molecule has 0 radical (unpaired) electrons. The molecule has 3 aromatic rings. The highest BCUT2D eigenvalue weighted by atomic mass is 35.5. The Morgan fingerprint density at radius 3 is 3.00 bits per heavy atom. The van der Waals surface area contributed by atoms with Crippen LogP contribution < -0.4 is 9.64 Å². The topological polar surface area (TPSA) is 66.9 Å². The number of ether oxygens (including phenoxy) is 1. The third kappa shape index (κ3) is 2.80. The summed E-state index contributed by atoms with van der Waals surface area (Å²) in [6.45, 7) is 1.61. The molecule has 1 N–H and O–H groups in total. The Balaban J connectivity index is 1.50. The zero-order valence-corrected chi connectivity index (χ0v) is 13.6. The summed E-state index contributed by atoms with van der Waals surface area (Å²) in [6, 6.07) is 5.31. The van der Waals surface area contributed by atoms with E-state index >= 15 is 0 Å². The normalized spacial score (nSPS) is 17.8. The number of hydrogen-bond donors (Lipinski definition) is 1. The summed E-state index contributed by atoms with van der Waals surface area (Å²) >= 11 is 12.0. The van der Waals surface area contributed by atoms with Crippen molar-refractivity contribution in [2.24, 2.45) is 0 Å². The summed E-state index contributed by atoms with van der Waals surface area (Å²) in [7, 11) is 0. The predicted molar refractivity (Wildman–Crippen MR) is 89.4 cm³/mol. The van der Waals surface area contributed by atoms with E-state index in [1.54, 1.807) is 24.7 Å². The average molecular weight is 350 g/mol. The van der Waals surface area contributed by atoms with E-state index in [2.05, 4.69) is 25.1 Å². The summed E-state index contributed by atoms with van der Waals surface area (Å²) in [4.78, 5) is 10.7. The Kier molecular flexibility index (Phi) is 3.71. The van der Waals surface area contributed by atoms with Crippen molar-refractivity contribution in [3.8, 4) is 5.75 Å². The number of nitrogens with zero attached hydrogens (tertiary/aromatic N) is 4. The van der Waals surface area contributed by atoms with Gasteiger partial charge in [-0.25, -0.2) is 9.97 Å².